The summed E-state index contributed by atoms with van der Waals surface area (Å²) in [6.07, 6.45) is 0.363. The molecule has 0 saturated carbocycles. The zero-order chi connectivity index (χ0) is 17.2. The average molecular weight is 314 g/mol. The van der Waals surface area contributed by atoms with Gasteiger partial charge >= 0.3 is 12.1 Å². The van der Waals surface area contributed by atoms with Gasteiger partial charge in [0.05, 0.1) is 13.2 Å². The predicted molar refractivity (Wildman–Crippen MR) is 84.7 cm³/mol. The van der Waals surface area contributed by atoms with E-state index < -0.39 is 17.6 Å². The van der Waals surface area contributed by atoms with Crippen molar-refractivity contribution in [1.29, 1.82) is 0 Å². The van der Waals surface area contributed by atoms with E-state index in [9.17, 15) is 9.59 Å². The summed E-state index contributed by atoms with van der Waals surface area (Å²) in [6.45, 7) is 12.3. The highest BCUT2D eigenvalue weighted by Gasteiger charge is 2.56. The lowest BCUT2D eigenvalue weighted by atomic mass is 9.69. The maximum Gasteiger partial charge on any atom is 0.408 e. The zero-order valence-corrected chi connectivity index (χ0v) is 14.9. The van der Waals surface area contributed by atoms with E-state index in [1.54, 1.807) is 13.8 Å². The van der Waals surface area contributed by atoms with Crippen LogP contribution in [0.4, 0.5) is 4.79 Å². The Bertz CT molecular complexity index is 414. The molecule has 1 aliphatic rings. The fourth-order valence-corrected chi connectivity index (χ4v) is 3.51. The van der Waals surface area contributed by atoms with E-state index in [2.05, 4.69) is 37.9 Å². The van der Waals surface area contributed by atoms with E-state index in [0.717, 1.165) is 0 Å². The van der Waals surface area contributed by atoms with Gasteiger partial charge in [0, 0.05) is 11.1 Å². The number of carbonyl (C=O) groups is 2. The van der Waals surface area contributed by atoms with Gasteiger partial charge in [0.2, 0.25) is 0 Å². The molecule has 1 aliphatic heterocycles. The van der Waals surface area contributed by atoms with Crippen molar-refractivity contribution in [3.8, 4) is 0 Å². The Hall–Kier alpha value is -1.30. The quantitative estimate of drug-likeness (QED) is 0.807. The van der Waals surface area contributed by atoms with Crippen molar-refractivity contribution in [3.63, 3.8) is 0 Å². The maximum absolute atomic E-state index is 12.6. The molecule has 1 heterocycles. The van der Waals surface area contributed by atoms with Crippen molar-refractivity contribution >= 4 is 12.1 Å². The highest BCUT2D eigenvalue weighted by molar-refractivity contribution is 5.86. The number of hydrogen-bond donors (Lipinski definition) is 1. The Morgan fingerprint density at radius 3 is 1.86 bits per heavy atom. The number of piperidine rings is 1. The van der Waals surface area contributed by atoms with Crippen molar-refractivity contribution in [2.24, 2.45) is 0 Å². The first-order valence-corrected chi connectivity index (χ1v) is 7.87. The SMILES string of the molecule is CCOC(=O)NC1(C(=O)OCC)CC(C)(C)N(C)C(C)(C)C1. The van der Waals surface area contributed by atoms with Crippen molar-refractivity contribution in [1.82, 2.24) is 10.2 Å². The molecule has 0 aromatic carbocycles. The summed E-state index contributed by atoms with van der Waals surface area (Å²) < 4.78 is 10.2. The summed E-state index contributed by atoms with van der Waals surface area (Å²) in [5.41, 5.74) is -1.61. The molecule has 0 aromatic heterocycles. The van der Waals surface area contributed by atoms with Crippen LogP contribution in [0.25, 0.3) is 0 Å². The molecule has 0 atom stereocenters. The maximum atomic E-state index is 12.6. The van der Waals surface area contributed by atoms with Gasteiger partial charge in [0.15, 0.2) is 0 Å². The smallest absolute Gasteiger partial charge is 0.408 e. The van der Waals surface area contributed by atoms with Gasteiger partial charge in [-0.25, -0.2) is 9.59 Å². The van der Waals surface area contributed by atoms with Crippen LogP contribution < -0.4 is 5.32 Å². The summed E-state index contributed by atoms with van der Waals surface area (Å²) in [4.78, 5) is 26.8. The molecule has 0 bridgehead atoms. The molecule has 6 heteroatoms. The number of hydrogen-bond acceptors (Lipinski definition) is 5. The Morgan fingerprint density at radius 1 is 1.00 bits per heavy atom. The molecule has 0 unspecified atom stereocenters. The molecule has 1 fully saturated rings. The number of nitrogens with zero attached hydrogens (tertiary/aromatic N) is 1. The molecule has 6 nitrogen and oxygen atoms in total. The van der Waals surface area contributed by atoms with E-state index in [1.165, 1.54) is 0 Å². The molecule has 128 valence electrons. The normalized spacial score (nSPS) is 22.7. The first-order valence-electron chi connectivity index (χ1n) is 7.87. The van der Waals surface area contributed by atoms with Gasteiger partial charge in [-0.05, 0) is 61.4 Å². The number of amides is 1. The van der Waals surface area contributed by atoms with E-state index in [0.29, 0.717) is 12.8 Å². The van der Waals surface area contributed by atoms with Crippen LogP contribution in [0.1, 0.15) is 54.4 Å². The Morgan fingerprint density at radius 2 is 1.45 bits per heavy atom. The van der Waals surface area contributed by atoms with E-state index in [1.807, 2.05) is 7.05 Å². The van der Waals surface area contributed by atoms with E-state index in [-0.39, 0.29) is 24.3 Å². The van der Waals surface area contributed by atoms with Crippen LogP contribution >= 0.6 is 0 Å². The molecule has 0 radical (unpaired) electrons. The molecule has 1 saturated heterocycles. The van der Waals surface area contributed by atoms with Crippen molar-refractivity contribution in [3.05, 3.63) is 0 Å². The lowest BCUT2D eigenvalue weighted by molar-refractivity contribution is -0.160. The number of alkyl carbamates (subject to hydrolysis) is 1. The fraction of sp³-hybridized carbons (Fsp3) is 0.875. The van der Waals surface area contributed by atoms with E-state index >= 15 is 0 Å². The molecule has 0 spiro atoms. The largest absolute Gasteiger partial charge is 0.464 e. The van der Waals surface area contributed by atoms with Crippen molar-refractivity contribution in [2.45, 2.75) is 71.0 Å². The molecule has 1 rings (SSSR count). The highest BCUT2D eigenvalue weighted by atomic mass is 16.6. The van der Waals surface area contributed by atoms with Crippen LogP contribution in [-0.2, 0) is 14.3 Å². The van der Waals surface area contributed by atoms with E-state index in [4.69, 9.17) is 9.47 Å². The van der Waals surface area contributed by atoms with Gasteiger partial charge in [-0.2, -0.15) is 0 Å². The van der Waals surface area contributed by atoms with Gasteiger partial charge < -0.3 is 14.8 Å². The molecular weight excluding hydrogens is 284 g/mol. The van der Waals surface area contributed by atoms with Crippen LogP contribution in [0.2, 0.25) is 0 Å². The Kier molecular flexibility index (Phi) is 5.49. The van der Waals surface area contributed by atoms with Crippen molar-refractivity contribution in [2.75, 3.05) is 20.3 Å². The van der Waals surface area contributed by atoms with Gasteiger partial charge in [-0.1, -0.05) is 0 Å². The summed E-state index contributed by atoms with van der Waals surface area (Å²) in [6, 6.07) is 0. The van der Waals surface area contributed by atoms with Crippen LogP contribution in [0.3, 0.4) is 0 Å². The number of carbonyl (C=O) groups excluding carboxylic acids is 2. The second-order valence-electron chi connectivity index (χ2n) is 7.19. The highest BCUT2D eigenvalue weighted by Crippen LogP contribution is 2.43. The molecule has 0 aliphatic carbocycles. The third-order valence-electron chi connectivity index (χ3n) is 4.57. The molecule has 22 heavy (non-hydrogen) atoms. The number of likely N-dealkylation sites (tertiary alicyclic amines) is 1. The minimum atomic E-state index is -1.07. The molecule has 1 amide bonds. The minimum absolute atomic E-state index is 0.261. The Balaban J connectivity index is 3.20. The third-order valence-corrected chi connectivity index (χ3v) is 4.57. The third kappa shape index (κ3) is 3.72. The lowest BCUT2D eigenvalue weighted by Gasteiger charge is -2.57. The summed E-state index contributed by atoms with van der Waals surface area (Å²) >= 11 is 0. The zero-order valence-electron chi connectivity index (χ0n) is 14.9. The summed E-state index contributed by atoms with van der Waals surface area (Å²) in [5.74, 6) is -0.391. The first-order chi connectivity index (χ1) is 10.0. The molecule has 1 N–H and O–H groups in total. The standard InChI is InChI=1S/C16H30N2O4/c1-8-21-12(19)16(17-13(20)22-9-2)10-14(3,4)18(7)15(5,6)11-16/h8-11H2,1-7H3,(H,17,20). The number of nitrogens with one attached hydrogen (secondary N) is 1. The topological polar surface area (TPSA) is 67.9 Å². The fourth-order valence-electron chi connectivity index (χ4n) is 3.51. The molecule has 0 aromatic rings. The first kappa shape index (κ1) is 18.7. The summed E-state index contributed by atoms with van der Waals surface area (Å²) in [7, 11) is 2.04. The van der Waals surface area contributed by atoms with Gasteiger partial charge in [-0.3, -0.25) is 4.90 Å². The predicted octanol–water partition coefficient (Wildman–Crippen LogP) is 2.32. The van der Waals surface area contributed by atoms with Gasteiger partial charge in [0.25, 0.3) is 0 Å². The van der Waals surface area contributed by atoms with Gasteiger partial charge in [-0.15, -0.1) is 0 Å². The molecular formula is C16H30N2O4. The lowest BCUT2D eigenvalue weighted by Crippen LogP contribution is -2.71. The monoisotopic (exact) mass is 314 g/mol. The van der Waals surface area contributed by atoms with Crippen LogP contribution in [-0.4, -0.2) is 53.8 Å². The Labute approximate surface area is 133 Å². The number of esters is 1. The minimum Gasteiger partial charge on any atom is -0.464 e. The van der Waals surface area contributed by atoms with Crippen molar-refractivity contribution < 1.29 is 19.1 Å². The van der Waals surface area contributed by atoms with Gasteiger partial charge in [0.1, 0.15) is 5.54 Å². The second-order valence-corrected chi connectivity index (χ2v) is 7.19. The number of ether oxygens (including phenoxy) is 2. The summed E-state index contributed by atoms with van der Waals surface area (Å²) in [5, 5.41) is 2.79. The second kappa shape index (κ2) is 6.44. The van der Waals surface area contributed by atoms with Crippen LogP contribution in [0, 0.1) is 0 Å². The average Bonchev–Trinajstić information content (AvgIpc) is 2.35. The number of rotatable bonds is 4. The van der Waals surface area contributed by atoms with Crippen LogP contribution in [0.15, 0.2) is 0 Å². The van der Waals surface area contributed by atoms with Crippen LogP contribution in [0.5, 0.6) is 0 Å².